The van der Waals surface area contributed by atoms with Crippen molar-refractivity contribution in [1.82, 2.24) is 25.3 Å². The van der Waals surface area contributed by atoms with Crippen molar-refractivity contribution >= 4 is 17.2 Å². The molecule has 0 spiro atoms. The maximum absolute atomic E-state index is 12.7. The molecule has 7 heteroatoms. The lowest BCUT2D eigenvalue weighted by Crippen LogP contribution is -2.00. The van der Waals surface area contributed by atoms with E-state index in [0.717, 1.165) is 5.69 Å². The molecular weight excluding hydrogens is 223 g/mol. The van der Waals surface area contributed by atoms with Crippen LogP contribution in [0.2, 0.25) is 0 Å². The summed E-state index contributed by atoms with van der Waals surface area (Å²) in [5.41, 5.74) is 1.31. The minimum absolute atomic E-state index is 0.278. The smallest absolute Gasteiger partial charge is 0.200 e. The minimum Gasteiger partial charge on any atom is -0.339 e. The monoisotopic (exact) mass is 230 g/mol. The van der Waals surface area contributed by atoms with Crippen molar-refractivity contribution in [2.75, 3.05) is 5.32 Å². The number of halogens is 1. The first-order chi connectivity index (χ1) is 8.31. The maximum Gasteiger partial charge on any atom is 0.200 e. The lowest BCUT2D eigenvalue weighted by Gasteiger charge is -2.04. The van der Waals surface area contributed by atoms with Crippen LogP contribution in [-0.4, -0.2) is 25.3 Å². The first-order valence-electron chi connectivity index (χ1n) is 4.89. The first kappa shape index (κ1) is 9.64. The summed E-state index contributed by atoms with van der Waals surface area (Å²) >= 11 is 0. The summed E-state index contributed by atoms with van der Waals surface area (Å²) in [6.07, 6.45) is 0. The van der Waals surface area contributed by atoms with E-state index in [1.54, 1.807) is 24.3 Å². The van der Waals surface area contributed by atoms with E-state index in [0.29, 0.717) is 11.5 Å². The van der Waals surface area contributed by atoms with Gasteiger partial charge in [-0.3, -0.25) is 0 Å². The van der Waals surface area contributed by atoms with Crippen LogP contribution in [-0.2, 0) is 0 Å². The topological polar surface area (TPSA) is 68.0 Å². The summed E-state index contributed by atoms with van der Waals surface area (Å²) in [5.74, 6) is 0.302. The molecule has 0 bridgehead atoms. The Morgan fingerprint density at radius 2 is 1.88 bits per heavy atom. The van der Waals surface area contributed by atoms with E-state index >= 15 is 0 Å². The Kier molecular flexibility index (Phi) is 2.14. The molecule has 3 rings (SSSR count). The molecule has 0 aliphatic rings. The third-order valence-electron chi connectivity index (χ3n) is 2.19. The number of rotatable bonds is 2. The lowest BCUT2D eigenvalue weighted by atomic mass is 10.3. The van der Waals surface area contributed by atoms with Crippen LogP contribution < -0.4 is 5.32 Å². The Labute approximate surface area is 95.1 Å². The summed E-state index contributed by atoms with van der Waals surface area (Å²) < 4.78 is 14.0. The zero-order chi connectivity index (χ0) is 11.7. The van der Waals surface area contributed by atoms with E-state index in [1.807, 2.05) is 0 Å². The quantitative estimate of drug-likeness (QED) is 0.720. The predicted octanol–water partition coefficient (Wildman–Crippen LogP) is 1.40. The van der Waals surface area contributed by atoms with Crippen LogP contribution in [0, 0.1) is 5.82 Å². The summed E-state index contributed by atoms with van der Waals surface area (Å²) in [4.78, 5) is 0. The Balaban J connectivity index is 1.91. The average Bonchev–Trinajstić information content (AvgIpc) is 2.79. The largest absolute Gasteiger partial charge is 0.339 e. The number of hydrogen-bond acceptors (Lipinski definition) is 5. The van der Waals surface area contributed by atoms with Crippen LogP contribution in [0.5, 0.6) is 0 Å². The summed E-state index contributed by atoms with van der Waals surface area (Å²) in [7, 11) is 0. The SMILES string of the molecule is Fc1ccc(Nc2ccc3nnnn3n2)cc1. The van der Waals surface area contributed by atoms with E-state index < -0.39 is 0 Å². The summed E-state index contributed by atoms with van der Waals surface area (Å²) in [6, 6.07) is 9.48. The van der Waals surface area contributed by atoms with Crippen LogP contribution in [0.15, 0.2) is 36.4 Å². The molecule has 0 aliphatic heterocycles. The van der Waals surface area contributed by atoms with Crippen molar-refractivity contribution in [2.45, 2.75) is 0 Å². The zero-order valence-electron chi connectivity index (χ0n) is 8.58. The van der Waals surface area contributed by atoms with Gasteiger partial charge in [0.2, 0.25) is 0 Å². The van der Waals surface area contributed by atoms with Crippen molar-refractivity contribution < 1.29 is 4.39 Å². The van der Waals surface area contributed by atoms with E-state index in [4.69, 9.17) is 0 Å². The van der Waals surface area contributed by atoms with Gasteiger partial charge in [0.1, 0.15) is 5.82 Å². The number of hydrogen-bond donors (Lipinski definition) is 1. The number of nitrogens with zero attached hydrogens (tertiary/aromatic N) is 5. The summed E-state index contributed by atoms with van der Waals surface area (Å²) in [6.45, 7) is 0. The molecule has 0 radical (unpaired) electrons. The van der Waals surface area contributed by atoms with Gasteiger partial charge >= 0.3 is 0 Å². The number of aromatic nitrogens is 5. The second-order valence-corrected chi connectivity index (χ2v) is 3.38. The van der Waals surface area contributed by atoms with Crippen molar-refractivity contribution in [1.29, 1.82) is 0 Å². The van der Waals surface area contributed by atoms with E-state index in [-0.39, 0.29) is 5.82 Å². The number of fused-ring (bicyclic) bond motifs is 1. The third-order valence-corrected chi connectivity index (χ3v) is 2.19. The minimum atomic E-state index is -0.278. The van der Waals surface area contributed by atoms with Crippen LogP contribution in [0.4, 0.5) is 15.9 Å². The summed E-state index contributed by atoms with van der Waals surface area (Å²) in [5, 5.41) is 18.1. The van der Waals surface area contributed by atoms with Gasteiger partial charge in [-0.25, -0.2) is 4.39 Å². The highest BCUT2D eigenvalue weighted by Crippen LogP contribution is 2.14. The van der Waals surface area contributed by atoms with E-state index in [2.05, 4.69) is 25.9 Å². The molecule has 17 heavy (non-hydrogen) atoms. The Hall–Kier alpha value is -2.57. The standard InChI is InChI=1S/C10H7FN6/c11-7-1-3-8(4-2-7)12-9-5-6-10-13-15-16-17(10)14-9/h1-6H,(H,12,14). The van der Waals surface area contributed by atoms with Gasteiger partial charge in [0.25, 0.3) is 0 Å². The Bertz CT molecular complexity index is 647. The van der Waals surface area contributed by atoms with Crippen molar-refractivity contribution in [2.24, 2.45) is 0 Å². The van der Waals surface area contributed by atoms with Gasteiger partial charge in [-0.05, 0) is 46.8 Å². The van der Waals surface area contributed by atoms with Crippen molar-refractivity contribution in [3.05, 3.63) is 42.2 Å². The first-order valence-corrected chi connectivity index (χ1v) is 4.89. The Morgan fingerprint density at radius 3 is 2.71 bits per heavy atom. The molecule has 2 aromatic heterocycles. The number of anilines is 2. The molecule has 0 amide bonds. The predicted molar refractivity (Wildman–Crippen MR) is 58.3 cm³/mol. The molecule has 2 heterocycles. The van der Waals surface area contributed by atoms with Gasteiger partial charge in [0.15, 0.2) is 11.5 Å². The lowest BCUT2D eigenvalue weighted by molar-refractivity contribution is 0.628. The van der Waals surface area contributed by atoms with Crippen LogP contribution >= 0.6 is 0 Å². The van der Waals surface area contributed by atoms with Gasteiger partial charge in [0.05, 0.1) is 0 Å². The van der Waals surface area contributed by atoms with E-state index in [1.165, 1.54) is 16.8 Å². The van der Waals surface area contributed by atoms with Gasteiger partial charge in [-0.1, -0.05) is 0 Å². The molecule has 1 aromatic carbocycles. The van der Waals surface area contributed by atoms with Crippen LogP contribution in [0.3, 0.4) is 0 Å². The van der Waals surface area contributed by atoms with Crippen molar-refractivity contribution in [3.8, 4) is 0 Å². The van der Waals surface area contributed by atoms with Crippen molar-refractivity contribution in [3.63, 3.8) is 0 Å². The Morgan fingerprint density at radius 1 is 1.06 bits per heavy atom. The molecule has 0 unspecified atom stereocenters. The number of nitrogens with one attached hydrogen (secondary N) is 1. The fourth-order valence-corrected chi connectivity index (χ4v) is 1.40. The normalized spacial score (nSPS) is 10.6. The fraction of sp³-hybridized carbons (Fsp3) is 0. The molecule has 3 aromatic rings. The molecule has 0 fully saturated rings. The maximum atomic E-state index is 12.7. The molecule has 0 aliphatic carbocycles. The van der Waals surface area contributed by atoms with Gasteiger partial charge in [-0.2, -0.15) is 0 Å². The number of benzene rings is 1. The molecule has 1 N–H and O–H groups in total. The van der Waals surface area contributed by atoms with Gasteiger partial charge in [-0.15, -0.1) is 14.8 Å². The number of tetrazole rings is 1. The molecule has 84 valence electrons. The highest BCUT2D eigenvalue weighted by molar-refractivity contribution is 5.56. The molecule has 6 nitrogen and oxygen atoms in total. The zero-order valence-corrected chi connectivity index (χ0v) is 8.58. The molecular formula is C10H7FN6. The fourth-order valence-electron chi connectivity index (χ4n) is 1.40. The molecule has 0 saturated carbocycles. The van der Waals surface area contributed by atoms with Gasteiger partial charge in [0, 0.05) is 5.69 Å². The second kappa shape index (κ2) is 3.78. The van der Waals surface area contributed by atoms with E-state index in [9.17, 15) is 4.39 Å². The van der Waals surface area contributed by atoms with Crippen LogP contribution in [0.25, 0.3) is 5.65 Å². The third kappa shape index (κ3) is 1.89. The highest BCUT2D eigenvalue weighted by atomic mass is 19.1. The van der Waals surface area contributed by atoms with Gasteiger partial charge < -0.3 is 5.32 Å². The highest BCUT2D eigenvalue weighted by Gasteiger charge is 2.01. The molecule has 0 saturated heterocycles. The van der Waals surface area contributed by atoms with Crippen LogP contribution in [0.1, 0.15) is 0 Å². The second-order valence-electron chi connectivity index (χ2n) is 3.38. The molecule has 0 atom stereocenters. The average molecular weight is 230 g/mol.